The highest BCUT2D eigenvalue weighted by Crippen LogP contribution is 2.09. The van der Waals surface area contributed by atoms with Crippen LogP contribution in [0.4, 0.5) is 0 Å². The summed E-state index contributed by atoms with van der Waals surface area (Å²) in [6, 6.07) is 6.29. The number of hydrogen-bond donors (Lipinski definition) is 0. The van der Waals surface area contributed by atoms with Crippen LogP contribution in [-0.4, -0.2) is 38.4 Å². The molecule has 1 aromatic rings. The highest BCUT2D eigenvalue weighted by molar-refractivity contribution is 5.93. The molecule has 6 nitrogen and oxygen atoms in total. The highest BCUT2D eigenvalue weighted by atomic mass is 16.5. The van der Waals surface area contributed by atoms with Crippen LogP contribution >= 0.6 is 0 Å². The molecule has 0 saturated carbocycles. The number of rotatable bonds is 16. The Morgan fingerprint density at radius 1 is 0.643 bits per heavy atom. The van der Waals surface area contributed by atoms with Gasteiger partial charge in [0.05, 0.1) is 50.1 Å². The average molecular weight is 390 g/mol. The number of hydrogen-bond acceptors (Lipinski definition) is 6. The van der Waals surface area contributed by atoms with Gasteiger partial charge in [-0.1, -0.05) is 13.2 Å². The Bertz CT molecular complexity index is 541. The quantitative estimate of drug-likeness (QED) is 0.232. The maximum atomic E-state index is 12.0. The van der Waals surface area contributed by atoms with Crippen LogP contribution in [0.2, 0.25) is 0 Å². The van der Waals surface area contributed by atoms with Crippen LogP contribution in [0.15, 0.2) is 49.9 Å². The lowest BCUT2D eigenvalue weighted by molar-refractivity contribution is 0.0481. The van der Waals surface area contributed by atoms with Crippen LogP contribution in [-0.2, 0) is 18.9 Å². The van der Waals surface area contributed by atoms with E-state index in [1.54, 1.807) is 24.3 Å². The summed E-state index contributed by atoms with van der Waals surface area (Å²) in [5.74, 6) is -0.798. The second-order valence-corrected chi connectivity index (χ2v) is 6.05. The molecule has 28 heavy (non-hydrogen) atoms. The van der Waals surface area contributed by atoms with Crippen molar-refractivity contribution in [2.24, 2.45) is 0 Å². The maximum Gasteiger partial charge on any atom is 0.338 e. The zero-order valence-electron chi connectivity index (χ0n) is 16.4. The Labute approximate surface area is 167 Å². The molecule has 0 radical (unpaired) electrons. The molecule has 0 bridgehead atoms. The molecule has 0 aliphatic carbocycles. The van der Waals surface area contributed by atoms with E-state index < -0.39 is 11.9 Å². The third kappa shape index (κ3) is 10.4. The fraction of sp³-hybridized carbons (Fsp3) is 0.455. The summed E-state index contributed by atoms with van der Waals surface area (Å²) >= 11 is 0. The van der Waals surface area contributed by atoms with Crippen LogP contribution in [0.3, 0.4) is 0 Å². The minimum atomic E-state index is -0.399. The van der Waals surface area contributed by atoms with E-state index in [-0.39, 0.29) is 0 Å². The molecule has 0 amide bonds. The fourth-order valence-corrected chi connectivity index (χ4v) is 2.33. The number of ether oxygens (including phenoxy) is 4. The number of unbranched alkanes of at least 4 members (excludes halogenated alkanes) is 4. The Hall–Kier alpha value is -2.76. The smallest absolute Gasteiger partial charge is 0.338 e. The van der Waals surface area contributed by atoms with E-state index in [9.17, 15) is 9.59 Å². The van der Waals surface area contributed by atoms with Crippen LogP contribution in [0.5, 0.6) is 0 Å². The van der Waals surface area contributed by atoms with E-state index in [2.05, 4.69) is 13.2 Å². The summed E-state index contributed by atoms with van der Waals surface area (Å²) in [5, 5.41) is 0. The standard InChI is InChI=1S/C22H30O6/c1-3-25-15-7-5-9-17-27-21(23)19-11-13-20(14-12-19)22(24)28-18-10-6-8-16-26-4-2/h3-4,11-14H,1-2,5-10,15-18H2. The van der Waals surface area contributed by atoms with Crippen molar-refractivity contribution in [3.63, 3.8) is 0 Å². The second-order valence-electron chi connectivity index (χ2n) is 6.05. The van der Waals surface area contributed by atoms with Crippen LogP contribution in [0, 0.1) is 0 Å². The minimum Gasteiger partial charge on any atom is -0.502 e. The zero-order chi connectivity index (χ0) is 20.5. The van der Waals surface area contributed by atoms with Gasteiger partial charge in [-0.25, -0.2) is 9.59 Å². The zero-order valence-corrected chi connectivity index (χ0v) is 16.4. The van der Waals surface area contributed by atoms with Crippen molar-refractivity contribution < 1.29 is 28.5 Å². The minimum absolute atomic E-state index is 0.356. The van der Waals surface area contributed by atoms with Gasteiger partial charge in [-0.15, -0.1) is 0 Å². The Morgan fingerprint density at radius 2 is 1.00 bits per heavy atom. The first-order chi connectivity index (χ1) is 13.7. The van der Waals surface area contributed by atoms with Crippen molar-refractivity contribution in [3.8, 4) is 0 Å². The summed E-state index contributed by atoms with van der Waals surface area (Å²) in [6.07, 6.45) is 7.99. The summed E-state index contributed by atoms with van der Waals surface area (Å²) in [7, 11) is 0. The van der Waals surface area contributed by atoms with E-state index in [1.807, 2.05) is 0 Å². The van der Waals surface area contributed by atoms with Gasteiger partial charge >= 0.3 is 11.9 Å². The molecule has 154 valence electrons. The first-order valence-electron chi connectivity index (χ1n) is 9.58. The van der Waals surface area contributed by atoms with E-state index in [1.165, 1.54) is 12.5 Å². The molecular formula is C22H30O6. The van der Waals surface area contributed by atoms with Gasteiger partial charge in [0.15, 0.2) is 0 Å². The third-order valence-corrected chi connectivity index (χ3v) is 3.87. The fourth-order valence-electron chi connectivity index (χ4n) is 2.33. The Kier molecular flexibility index (Phi) is 12.7. The molecule has 0 aliphatic rings. The molecule has 0 saturated heterocycles. The van der Waals surface area contributed by atoms with Crippen molar-refractivity contribution in [1.82, 2.24) is 0 Å². The van der Waals surface area contributed by atoms with E-state index in [4.69, 9.17) is 18.9 Å². The molecule has 0 aliphatic heterocycles. The average Bonchev–Trinajstić information content (AvgIpc) is 2.72. The van der Waals surface area contributed by atoms with Gasteiger partial charge in [-0.3, -0.25) is 0 Å². The van der Waals surface area contributed by atoms with Crippen LogP contribution in [0.25, 0.3) is 0 Å². The van der Waals surface area contributed by atoms with E-state index in [0.29, 0.717) is 37.6 Å². The molecule has 0 spiro atoms. The SMILES string of the molecule is C=COCCCCCOC(=O)c1ccc(C(=O)OCCCCCOC=C)cc1. The van der Waals surface area contributed by atoms with Crippen molar-refractivity contribution in [3.05, 3.63) is 61.1 Å². The summed E-state index contributed by atoms with van der Waals surface area (Å²) in [5.41, 5.74) is 0.822. The number of benzene rings is 1. The lowest BCUT2D eigenvalue weighted by Gasteiger charge is -2.07. The molecule has 0 unspecified atom stereocenters. The number of esters is 2. The molecule has 0 atom stereocenters. The normalized spacial score (nSPS) is 10.0. The van der Waals surface area contributed by atoms with Gasteiger partial charge in [-0.05, 0) is 62.8 Å². The first kappa shape index (κ1) is 23.3. The molecule has 0 heterocycles. The Balaban J connectivity index is 2.22. The van der Waals surface area contributed by atoms with Crippen LogP contribution < -0.4 is 0 Å². The van der Waals surface area contributed by atoms with Gasteiger partial charge in [0.25, 0.3) is 0 Å². The van der Waals surface area contributed by atoms with Gasteiger partial charge < -0.3 is 18.9 Å². The largest absolute Gasteiger partial charge is 0.502 e. The number of carbonyl (C=O) groups is 2. The van der Waals surface area contributed by atoms with Crippen molar-refractivity contribution in [2.75, 3.05) is 26.4 Å². The molecule has 0 aromatic heterocycles. The molecular weight excluding hydrogens is 360 g/mol. The van der Waals surface area contributed by atoms with Gasteiger partial charge in [0, 0.05) is 0 Å². The topological polar surface area (TPSA) is 71.1 Å². The lowest BCUT2D eigenvalue weighted by Crippen LogP contribution is -2.09. The molecule has 1 rings (SSSR count). The number of carbonyl (C=O) groups excluding carboxylic acids is 2. The van der Waals surface area contributed by atoms with E-state index in [0.717, 1.165) is 38.5 Å². The van der Waals surface area contributed by atoms with Gasteiger partial charge in [0.1, 0.15) is 0 Å². The third-order valence-electron chi connectivity index (χ3n) is 3.87. The van der Waals surface area contributed by atoms with E-state index >= 15 is 0 Å². The monoisotopic (exact) mass is 390 g/mol. The predicted octanol–water partition coefficient (Wildman–Crippen LogP) is 4.66. The summed E-state index contributed by atoms with van der Waals surface area (Å²) in [4.78, 5) is 24.0. The summed E-state index contributed by atoms with van der Waals surface area (Å²) < 4.78 is 20.5. The van der Waals surface area contributed by atoms with Crippen molar-refractivity contribution >= 4 is 11.9 Å². The highest BCUT2D eigenvalue weighted by Gasteiger charge is 2.10. The first-order valence-corrected chi connectivity index (χ1v) is 9.58. The molecule has 6 heteroatoms. The molecule has 0 fully saturated rings. The molecule has 1 aromatic carbocycles. The second kappa shape index (κ2) is 15.3. The molecule has 0 N–H and O–H groups in total. The Morgan fingerprint density at radius 3 is 1.36 bits per heavy atom. The van der Waals surface area contributed by atoms with Crippen LogP contribution in [0.1, 0.15) is 59.2 Å². The lowest BCUT2D eigenvalue weighted by atomic mass is 10.1. The summed E-state index contributed by atoms with van der Waals surface area (Å²) in [6.45, 7) is 8.90. The van der Waals surface area contributed by atoms with Crippen molar-refractivity contribution in [2.45, 2.75) is 38.5 Å². The predicted molar refractivity (Wildman–Crippen MR) is 107 cm³/mol. The van der Waals surface area contributed by atoms with Gasteiger partial charge in [0.2, 0.25) is 0 Å². The van der Waals surface area contributed by atoms with Crippen molar-refractivity contribution in [1.29, 1.82) is 0 Å². The van der Waals surface area contributed by atoms with Gasteiger partial charge in [-0.2, -0.15) is 0 Å². The maximum absolute atomic E-state index is 12.0.